The summed E-state index contributed by atoms with van der Waals surface area (Å²) in [6, 6.07) is 8.44. The first-order chi connectivity index (χ1) is 8.72. The molecule has 0 spiro atoms. The molecular weight excluding hydrogens is 222 g/mol. The van der Waals surface area contributed by atoms with Gasteiger partial charge in [-0.2, -0.15) is 5.26 Å². The molecule has 0 bridgehead atoms. The Hall–Kier alpha value is -1.53. The second-order valence-electron chi connectivity index (χ2n) is 4.52. The van der Waals surface area contributed by atoms with Crippen LogP contribution in [0.3, 0.4) is 0 Å². The Kier molecular flexibility index (Phi) is 6.24. The number of unbranched alkanes of at least 4 members (excludes halogenated alkanes) is 1. The number of hydrogen-bond acceptors (Lipinski definition) is 3. The lowest BCUT2D eigenvalue weighted by Gasteiger charge is -2.20. The highest BCUT2D eigenvalue weighted by molar-refractivity contribution is 5.60. The molecule has 3 nitrogen and oxygen atoms in total. The average Bonchev–Trinajstić information content (AvgIpc) is 2.42. The Morgan fingerprint density at radius 2 is 2.11 bits per heavy atom. The van der Waals surface area contributed by atoms with Crippen molar-refractivity contribution in [3.63, 3.8) is 0 Å². The van der Waals surface area contributed by atoms with E-state index in [4.69, 9.17) is 0 Å². The zero-order valence-electron chi connectivity index (χ0n) is 11.7. The van der Waals surface area contributed by atoms with Gasteiger partial charge in [0.25, 0.3) is 0 Å². The van der Waals surface area contributed by atoms with Gasteiger partial charge in [-0.15, -0.1) is 0 Å². The van der Waals surface area contributed by atoms with Gasteiger partial charge in [-0.1, -0.05) is 26.3 Å². The molecule has 1 rings (SSSR count). The molecule has 0 amide bonds. The Morgan fingerprint density at radius 1 is 1.33 bits per heavy atom. The van der Waals surface area contributed by atoms with E-state index >= 15 is 0 Å². The molecule has 0 fully saturated rings. The zero-order valence-corrected chi connectivity index (χ0v) is 11.7. The smallest absolute Gasteiger partial charge is 0.101 e. The van der Waals surface area contributed by atoms with E-state index in [2.05, 4.69) is 49.3 Å². The Morgan fingerprint density at radius 3 is 2.72 bits per heavy atom. The highest BCUT2D eigenvalue weighted by Gasteiger charge is 2.07. The van der Waals surface area contributed by atoms with Gasteiger partial charge in [-0.05, 0) is 30.7 Å². The number of nitrogens with one attached hydrogen (secondary N) is 1. The molecule has 0 saturated heterocycles. The summed E-state index contributed by atoms with van der Waals surface area (Å²) in [7, 11) is 2.05. The number of hydrogen-bond donors (Lipinski definition) is 1. The molecule has 0 aliphatic carbocycles. The third kappa shape index (κ3) is 4.05. The quantitative estimate of drug-likeness (QED) is 0.803. The molecule has 1 aromatic rings. The van der Waals surface area contributed by atoms with Crippen LogP contribution in [0.2, 0.25) is 0 Å². The van der Waals surface area contributed by atoms with Crippen LogP contribution in [0.1, 0.15) is 37.8 Å². The Labute approximate surface area is 110 Å². The van der Waals surface area contributed by atoms with Crippen LogP contribution in [0.15, 0.2) is 18.2 Å². The largest absolute Gasteiger partial charge is 0.374 e. The fourth-order valence-electron chi connectivity index (χ4n) is 1.90. The summed E-state index contributed by atoms with van der Waals surface area (Å²) in [6.45, 7) is 7.03. The highest BCUT2D eigenvalue weighted by atomic mass is 15.1. The van der Waals surface area contributed by atoms with Crippen LogP contribution < -0.4 is 10.2 Å². The normalized spacial score (nSPS) is 10.1. The summed E-state index contributed by atoms with van der Waals surface area (Å²) >= 11 is 0. The average molecular weight is 245 g/mol. The van der Waals surface area contributed by atoms with Crippen LogP contribution in [-0.4, -0.2) is 20.1 Å². The summed E-state index contributed by atoms with van der Waals surface area (Å²) in [5.41, 5.74) is 2.97. The van der Waals surface area contributed by atoms with Crippen LogP contribution in [0.4, 0.5) is 5.69 Å². The molecule has 0 aromatic heterocycles. The molecule has 0 atom stereocenters. The van der Waals surface area contributed by atoms with Gasteiger partial charge in [0.1, 0.15) is 6.07 Å². The second kappa shape index (κ2) is 7.73. The van der Waals surface area contributed by atoms with E-state index in [1.807, 2.05) is 6.07 Å². The van der Waals surface area contributed by atoms with Crippen molar-refractivity contribution in [2.24, 2.45) is 0 Å². The summed E-state index contributed by atoms with van der Waals surface area (Å²) < 4.78 is 0. The maximum Gasteiger partial charge on any atom is 0.101 e. The van der Waals surface area contributed by atoms with Crippen molar-refractivity contribution < 1.29 is 0 Å². The molecule has 0 unspecified atom stereocenters. The van der Waals surface area contributed by atoms with Crippen molar-refractivity contribution in [3.8, 4) is 6.07 Å². The maximum atomic E-state index is 9.25. The van der Waals surface area contributed by atoms with Crippen molar-refractivity contribution in [2.45, 2.75) is 33.2 Å². The highest BCUT2D eigenvalue weighted by Crippen LogP contribution is 2.20. The van der Waals surface area contributed by atoms with Crippen molar-refractivity contribution in [2.75, 3.05) is 25.0 Å². The van der Waals surface area contributed by atoms with Crippen molar-refractivity contribution >= 4 is 5.69 Å². The Balaban J connectivity index is 2.83. The number of anilines is 1. The van der Waals surface area contributed by atoms with Crippen molar-refractivity contribution in [1.82, 2.24) is 5.32 Å². The molecule has 18 heavy (non-hydrogen) atoms. The summed E-state index contributed by atoms with van der Waals surface area (Å²) in [5.74, 6) is 0. The molecule has 0 radical (unpaired) electrons. The van der Waals surface area contributed by atoms with Crippen LogP contribution in [0.5, 0.6) is 0 Å². The van der Waals surface area contributed by atoms with E-state index in [0.29, 0.717) is 0 Å². The minimum atomic E-state index is 0.768. The predicted octanol–water partition coefficient (Wildman–Crippen LogP) is 2.90. The molecule has 0 heterocycles. The molecule has 98 valence electrons. The fourth-order valence-corrected chi connectivity index (χ4v) is 1.90. The maximum absolute atomic E-state index is 9.25. The minimum absolute atomic E-state index is 0.768. The monoisotopic (exact) mass is 245 g/mol. The van der Waals surface area contributed by atoms with E-state index in [0.717, 1.165) is 37.3 Å². The number of rotatable bonds is 7. The van der Waals surface area contributed by atoms with Gasteiger partial charge in [0.05, 0.1) is 11.3 Å². The van der Waals surface area contributed by atoms with E-state index in [9.17, 15) is 5.26 Å². The minimum Gasteiger partial charge on any atom is -0.374 e. The molecular formula is C15H23N3. The summed E-state index contributed by atoms with van der Waals surface area (Å²) in [5, 5.41) is 12.5. The van der Waals surface area contributed by atoms with E-state index in [1.165, 1.54) is 12.0 Å². The zero-order chi connectivity index (χ0) is 13.4. The lowest BCUT2D eigenvalue weighted by molar-refractivity contribution is 0.726. The van der Waals surface area contributed by atoms with Gasteiger partial charge in [0, 0.05) is 20.1 Å². The summed E-state index contributed by atoms with van der Waals surface area (Å²) in [6.07, 6.45) is 2.32. The molecule has 1 N–H and O–H groups in total. The van der Waals surface area contributed by atoms with Crippen LogP contribution in [-0.2, 0) is 6.54 Å². The molecule has 0 aliphatic heterocycles. The van der Waals surface area contributed by atoms with E-state index < -0.39 is 0 Å². The predicted molar refractivity (Wildman–Crippen MR) is 76.7 cm³/mol. The fraction of sp³-hybridized carbons (Fsp3) is 0.533. The lowest BCUT2D eigenvalue weighted by Crippen LogP contribution is -2.19. The second-order valence-corrected chi connectivity index (χ2v) is 4.52. The van der Waals surface area contributed by atoms with Gasteiger partial charge in [-0.25, -0.2) is 0 Å². The first-order valence-electron chi connectivity index (χ1n) is 6.67. The van der Waals surface area contributed by atoms with Crippen molar-refractivity contribution in [3.05, 3.63) is 29.3 Å². The van der Waals surface area contributed by atoms with Gasteiger partial charge in [0.2, 0.25) is 0 Å². The van der Waals surface area contributed by atoms with Gasteiger partial charge in [0.15, 0.2) is 0 Å². The van der Waals surface area contributed by atoms with Crippen LogP contribution >= 0.6 is 0 Å². The standard InChI is InChI=1S/C15H23N3/c1-4-6-9-18(3)15-8-7-13(12-17-5-2)10-14(15)11-16/h7-8,10,17H,4-6,9,12H2,1-3H3. The number of nitriles is 1. The SMILES string of the molecule is CCCCN(C)c1ccc(CNCC)cc1C#N. The van der Waals surface area contributed by atoms with E-state index in [-0.39, 0.29) is 0 Å². The topological polar surface area (TPSA) is 39.1 Å². The molecule has 3 heteroatoms. The van der Waals surface area contributed by atoms with Crippen LogP contribution in [0, 0.1) is 11.3 Å². The molecule has 0 saturated carbocycles. The molecule has 0 aliphatic rings. The summed E-state index contributed by atoms with van der Waals surface area (Å²) in [4.78, 5) is 2.17. The lowest BCUT2D eigenvalue weighted by atomic mass is 10.1. The third-order valence-corrected chi connectivity index (χ3v) is 3.02. The Bertz CT molecular complexity index is 407. The number of nitrogens with zero attached hydrogens (tertiary/aromatic N) is 2. The van der Waals surface area contributed by atoms with E-state index in [1.54, 1.807) is 0 Å². The third-order valence-electron chi connectivity index (χ3n) is 3.02. The number of benzene rings is 1. The van der Waals surface area contributed by atoms with Gasteiger partial charge < -0.3 is 10.2 Å². The van der Waals surface area contributed by atoms with Crippen LogP contribution in [0.25, 0.3) is 0 Å². The van der Waals surface area contributed by atoms with Gasteiger partial charge in [-0.3, -0.25) is 0 Å². The first kappa shape index (κ1) is 14.5. The first-order valence-corrected chi connectivity index (χ1v) is 6.67. The van der Waals surface area contributed by atoms with Crippen molar-refractivity contribution in [1.29, 1.82) is 5.26 Å². The molecule has 1 aromatic carbocycles. The van der Waals surface area contributed by atoms with Gasteiger partial charge >= 0.3 is 0 Å².